The van der Waals surface area contributed by atoms with Gasteiger partial charge in [0.15, 0.2) is 0 Å². The highest BCUT2D eigenvalue weighted by Crippen LogP contribution is 2.44. The maximum Gasteiger partial charge on any atom is 0.268 e. The first-order chi connectivity index (χ1) is 19.9. The molecule has 0 aromatic heterocycles. The van der Waals surface area contributed by atoms with Crippen LogP contribution in [0.1, 0.15) is 51.4 Å². The summed E-state index contributed by atoms with van der Waals surface area (Å²) in [5.41, 5.74) is 11.0. The minimum Gasteiger partial charge on any atom is -0.780 e. The maximum atomic E-state index is 12.9. The Balaban J connectivity index is 1.92. The number of β-amino-alcohol motifs (C(OH)–C–C–N with tert-alkyl or cyclic N) is 1. The molecule has 2 aliphatic rings. The van der Waals surface area contributed by atoms with E-state index in [9.17, 15) is 29.0 Å². The quantitative estimate of drug-likeness (QED) is 0.0838. The topological polar surface area (TPSA) is 213 Å². The molecule has 2 fully saturated rings. The first-order valence-corrected chi connectivity index (χ1v) is 20.5. The number of carbonyl (C=O) groups excluding carboxylic acids is 2. The fourth-order valence-electron chi connectivity index (χ4n) is 4.72. The van der Waals surface area contributed by atoms with Crippen molar-refractivity contribution in [3.63, 3.8) is 0 Å². The second kappa shape index (κ2) is 19.6. The Hall–Kier alpha value is 0.160. The first kappa shape index (κ1) is 38.3. The third-order valence-corrected chi connectivity index (χ3v) is 12.0. The molecule has 2 aliphatic heterocycles. The monoisotopic (exact) mass is 694 g/mol. The van der Waals surface area contributed by atoms with Gasteiger partial charge in [0.25, 0.3) is 7.82 Å². The van der Waals surface area contributed by atoms with Gasteiger partial charge in [-0.1, -0.05) is 39.8 Å². The predicted molar refractivity (Wildman–Crippen MR) is 163 cm³/mol. The molecule has 42 heavy (non-hydrogen) atoms. The molecule has 2 saturated heterocycles. The van der Waals surface area contributed by atoms with Crippen LogP contribution >= 0.6 is 36.1 Å². The van der Waals surface area contributed by atoms with Crippen LogP contribution in [-0.2, 0) is 44.1 Å². The molecule has 0 bridgehead atoms. The van der Waals surface area contributed by atoms with E-state index in [0.717, 1.165) is 31.5 Å². The predicted octanol–water partition coefficient (Wildman–Crippen LogP) is 0.307. The van der Waals surface area contributed by atoms with Gasteiger partial charge in [0.05, 0.1) is 37.5 Å². The van der Waals surface area contributed by atoms with Crippen molar-refractivity contribution in [3.8, 4) is 0 Å². The summed E-state index contributed by atoms with van der Waals surface area (Å²) in [4.78, 5) is 53.4. The van der Waals surface area contributed by atoms with Crippen molar-refractivity contribution in [2.45, 2.75) is 75.7 Å². The Bertz CT molecular complexity index is 943. The summed E-state index contributed by atoms with van der Waals surface area (Å²) in [5, 5.41) is 10.1. The number of nitrogens with zero attached hydrogens (tertiary/aromatic N) is 2. The average molecular weight is 695 g/mol. The van der Waals surface area contributed by atoms with Gasteiger partial charge in [-0.15, -0.1) is 0 Å². The van der Waals surface area contributed by atoms with Crippen LogP contribution in [-0.4, -0.2) is 109 Å². The summed E-state index contributed by atoms with van der Waals surface area (Å²) >= 11 is 4.77. The third-order valence-electron chi connectivity index (χ3n) is 6.76. The Morgan fingerprint density at radius 1 is 0.929 bits per heavy atom. The van der Waals surface area contributed by atoms with E-state index < -0.39 is 38.8 Å². The van der Waals surface area contributed by atoms with Crippen LogP contribution in [0.15, 0.2) is 0 Å². The molecule has 246 valence electrons. The van der Waals surface area contributed by atoms with Crippen LogP contribution in [0, 0.1) is 0 Å². The minimum absolute atomic E-state index is 0.0393. The first-order valence-electron chi connectivity index (χ1n) is 14.0. The highest BCUT2D eigenvalue weighted by molar-refractivity contribution is 8.76. The number of nitrogens with two attached hydrogens (primary N) is 2. The number of phosphoric ester groups is 1. The lowest BCUT2D eigenvalue weighted by Gasteiger charge is -2.30. The SMILES string of the molecule is COP([O-])(=S)OC[C@@H]1CC(OP(=O)([O-])OC[C@@H]2C[C@@H](O)CN2C(=O)CCCSSCCN)CN1C(=O)CCCCCN. The molecule has 5 N–H and O–H groups in total. The Kier molecular flexibility index (Phi) is 17.9. The third kappa shape index (κ3) is 14.1. The van der Waals surface area contributed by atoms with Gasteiger partial charge in [-0.2, -0.15) is 0 Å². The summed E-state index contributed by atoms with van der Waals surface area (Å²) in [6.45, 7) is -3.14. The summed E-state index contributed by atoms with van der Waals surface area (Å²) < 4.78 is 33.1. The highest BCUT2D eigenvalue weighted by atomic mass is 33.1. The molecule has 0 aliphatic carbocycles. The molecule has 14 nitrogen and oxygen atoms in total. The van der Waals surface area contributed by atoms with Gasteiger partial charge in [0.2, 0.25) is 11.8 Å². The molecule has 0 saturated carbocycles. The molecule has 2 amide bonds. The zero-order chi connectivity index (χ0) is 31.2. The number of hydrogen-bond donors (Lipinski definition) is 3. The van der Waals surface area contributed by atoms with Gasteiger partial charge < -0.3 is 54.3 Å². The summed E-state index contributed by atoms with van der Waals surface area (Å²) in [5.74, 6) is 1.20. The van der Waals surface area contributed by atoms with Crippen molar-refractivity contribution in [1.29, 1.82) is 0 Å². The van der Waals surface area contributed by atoms with Gasteiger partial charge in [-0.3, -0.25) is 14.2 Å². The van der Waals surface area contributed by atoms with Crippen molar-refractivity contribution in [1.82, 2.24) is 9.80 Å². The molecule has 19 heteroatoms. The largest absolute Gasteiger partial charge is 0.780 e. The van der Waals surface area contributed by atoms with Crippen LogP contribution < -0.4 is 21.3 Å². The lowest BCUT2D eigenvalue weighted by molar-refractivity contribution is -0.230. The minimum atomic E-state index is -4.86. The van der Waals surface area contributed by atoms with Crippen molar-refractivity contribution >= 4 is 59.8 Å². The smallest absolute Gasteiger partial charge is 0.268 e. The van der Waals surface area contributed by atoms with Crippen molar-refractivity contribution in [3.05, 3.63) is 0 Å². The molecule has 2 rings (SSSR count). The molecular formula is C23H44N4O10P2S3-2. The highest BCUT2D eigenvalue weighted by Gasteiger charge is 2.39. The van der Waals surface area contributed by atoms with E-state index in [-0.39, 0.29) is 63.8 Å². The van der Waals surface area contributed by atoms with Gasteiger partial charge in [-0.25, -0.2) is 0 Å². The maximum absolute atomic E-state index is 12.9. The molecule has 0 radical (unpaired) electrons. The van der Waals surface area contributed by atoms with E-state index in [0.29, 0.717) is 25.9 Å². The number of unbranched alkanes of at least 4 members (excludes halogenated alkanes) is 2. The van der Waals surface area contributed by atoms with Gasteiger partial charge in [-0.05, 0) is 38.6 Å². The Morgan fingerprint density at radius 2 is 1.55 bits per heavy atom. The van der Waals surface area contributed by atoms with Crippen molar-refractivity contribution in [2.24, 2.45) is 11.5 Å². The fourth-order valence-corrected chi connectivity index (χ4v) is 8.24. The number of aliphatic hydroxyl groups excluding tert-OH is 1. The lowest BCUT2D eigenvalue weighted by Crippen LogP contribution is -2.39. The van der Waals surface area contributed by atoms with E-state index in [1.807, 2.05) is 0 Å². The number of amides is 2. The summed E-state index contributed by atoms with van der Waals surface area (Å²) in [6, 6.07) is -1.25. The van der Waals surface area contributed by atoms with Crippen LogP contribution in [0.2, 0.25) is 0 Å². The second-order valence-electron chi connectivity index (χ2n) is 10.1. The standard InChI is InChI=1S/C23H46N4O10P2S3/c1-34-39(33,40)36-17-19-13-21(15-27(19)22(29)6-3-2-4-8-24)37-38(31,32)35-16-18-12-20(28)14-26(18)23(30)7-5-10-41-42-11-9-25/h18-21,28H,2-17,24-25H2,1H3,(H,31,32)(H,33,40)/p-2/t18-,19-,20+,21?,39?/m0/s1. The van der Waals surface area contributed by atoms with Crippen LogP contribution in [0.5, 0.6) is 0 Å². The zero-order valence-electron chi connectivity index (χ0n) is 23.9. The fraction of sp³-hybridized carbons (Fsp3) is 0.913. The molecule has 2 heterocycles. The summed E-state index contributed by atoms with van der Waals surface area (Å²) in [6.07, 6.45) is 1.86. The number of aliphatic hydroxyl groups is 1. The van der Waals surface area contributed by atoms with E-state index in [2.05, 4.69) is 4.52 Å². The van der Waals surface area contributed by atoms with E-state index >= 15 is 0 Å². The molecule has 0 spiro atoms. The number of likely N-dealkylation sites (tertiary alicyclic amines) is 2. The summed E-state index contributed by atoms with van der Waals surface area (Å²) in [7, 11) is -0.419. The molecule has 0 aromatic rings. The molecule has 6 atom stereocenters. The van der Waals surface area contributed by atoms with Crippen LogP contribution in [0.4, 0.5) is 0 Å². The molecule has 3 unspecified atom stereocenters. The Labute approximate surface area is 261 Å². The van der Waals surface area contributed by atoms with Crippen molar-refractivity contribution in [2.75, 3.05) is 58.0 Å². The molecule has 0 aromatic carbocycles. The Morgan fingerprint density at radius 3 is 2.21 bits per heavy atom. The number of hydrogen-bond acceptors (Lipinski definition) is 15. The van der Waals surface area contributed by atoms with Gasteiger partial charge >= 0.3 is 0 Å². The van der Waals surface area contributed by atoms with Gasteiger partial charge in [0, 0.05) is 51.1 Å². The van der Waals surface area contributed by atoms with Crippen LogP contribution in [0.3, 0.4) is 0 Å². The van der Waals surface area contributed by atoms with E-state index in [1.54, 1.807) is 21.6 Å². The second-order valence-corrected chi connectivity index (χ2v) is 17.0. The van der Waals surface area contributed by atoms with Crippen molar-refractivity contribution < 1.29 is 47.1 Å². The molecular weight excluding hydrogens is 650 g/mol. The number of carbonyl (C=O) groups is 2. The van der Waals surface area contributed by atoms with Gasteiger partial charge in [0.1, 0.15) is 6.72 Å². The van der Waals surface area contributed by atoms with E-state index in [1.165, 1.54) is 9.80 Å². The van der Waals surface area contributed by atoms with Crippen LogP contribution in [0.25, 0.3) is 0 Å². The normalized spacial score (nSPS) is 25.5. The number of rotatable bonds is 21. The average Bonchev–Trinajstić information content (AvgIpc) is 3.53. The van der Waals surface area contributed by atoms with E-state index in [4.69, 9.17) is 36.8 Å². The lowest BCUT2D eigenvalue weighted by atomic mass is 10.1. The number of phosphoric acid groups is 1. The zero-order valence-corrected chi connectivity index (χ0v) is 28.2.